The van der Waals surface area contributed by atoms with Gasteiger partial charge in [-0.2, -0.15) is 0 Å². The molecule has 0 bridgehead atoms. The molecule has 2 rings (SSSR count). The van der Waals surface area contributed by atoms with Gasteiger partial charge in [0.1, 0.15) is 5.69 Å². The van der Waals surface area contributed by atoms with E-state index in [4.69, 9.17) is 0 Å². The predicted octanol–water partition coefficient (Wildman–Crippen LogP) is 1.13. The van der Waals surface area contributed by atoms with E-state index in [1.54, 1.807) is 24.5 Å². The first kappa shape index (κ1) is 13.0. The molecule has 1 amide bonds. The highest BCUT2D eigenvalue weighted by Gasteiger charge is 2.04. The Morgan fingerprint density at radius 2 is 2.00 bits per heavy atom. The van der Waals surface area contributed by atoms with E-state index in [1.165, 1.54) is 11.6 Å². The Morgan fingerprint density at radius 3 is 2.74 bits per heavy atom. The SMILES string of the molecule is O=C(NCCCc1ccncc1)c1cccc(=O)[nH]1. The number of hydrogen-bond acceptors (Lipinski definition) is 3. The van der Waals surface area contributed by atoms with Crippen LogP contribution in [-0.2, 0) is 6.42 Å². The van der Waals surface area contributed by atoms with E-state index in [9.17, 15) is 9.59 Å². The lowest BCUT2D eigenvalue weighted by Crippen LogP contribution is -2.27. The first-order chi connectivity index (χ1) is 9.25. The van der Waals surface area contributed by atoms with Crippen molar-refractivity contribution in [2.75, 3.05) is 6.54 Å². The summed E-state index contributed by atoms with van der Waals surface area (Å²) in [6.45, 7) is 0.568. The van der Waals surface area contributed by atoms with Gasteiger partial charge in [-0.25, -0.2) is 0 Å². The van der Waals surface area contributed by atoms with Gasteiger partial charge in [0.15, 0.2) is 0 Å². The number of aryl methyl sites for hydroxylation is 1. The zero-order chi connectivity index (χ0) is 13.5. The Bertz CT molecular complexity index is 593. The van der Waals surface area contributed by atoms with E-state index in [2.05, 4.69) is 15.3 Å². The molecule has 0 saturated carbocycles. The summed E-state index contributed by atoms with van der Waals surface area (Å²) < 4.78 is 0. The van der Waals surface area contributed by atoms with Crippen molar-refractivity contribution in [2.24, 2.45) is 0 Å². The van der Waals surface area contributed by atoms with Crippen LogP contribution in [0.3, 0.4) is 0 Å². The predicted molar refractivity (Wildman–Crippen MR) is 72.0 cm³/mol. The zero-order valence-electron chi connectivity index (χ0n) is 10.4. The first-order valence-corrected chi connectivity index (χ1v) is 6.12. The van der Waals surface area contributed by atoms with Crippen LogP contribution < -0.4 is 10.9 Å². The number of carbonyl (C=O) groups excluding carboxylic acids is 1. The van der Waals surface area contributed by atoms with Crippen molar-refractivity contribution >= 4 is 5.91 Å². The molecule has 5 nitrogen and oxygen atoms in total. The van der Waals surface area contributed by atoms with Gasteiger partial charge >= 0.3 is 0 Å². The smallest absolute Gasteiger partial charge is 0.267 e. The van der Waals surface area contributed by atoms with Crippen molar-refractivity contribution in [3.8, 4) is 0 Å². The minimum Gasteiger partial charge on any atom is -0.351 e. The van der Waals surface area contributed by atoms with E-state index < -0.39 is 0 Å². The Labute approximate surface area is 110 Å². The van der Waals surface area contributed by atoms with Gasteiger partial charge in [0.2, 0.25) is 5.56 Å². The molecule has 0 aliphatic rings. The monoisotopic (exact) mass is 257 g/mol. The normalized spacial score (nSPS) is 10.1. The molecule has 2 N–H and O–H groups in total. The number of H-pyrrole nitrogens is 1. The van der Waals surface area contributed by atoms with Crippen molar-refractivity contribution in [2.45, 2.75) is 12.8 Å². The quantitative estimate of drug-likeness (QED) is 0.788. The van der Waals surface area contributed by atoms with E-state index in [0.717, 1.165) is 12.8 Å². The van der Waals surface area contributed by atoms with Crippen molar-refractivity contribution in [1.82, 2.24) is 15.3 Å². The molecule has 98 valence electrons. The summed E-state index contributed by atoms with van der Waals surface area (Å²) in [5, 5.41) is 2.77. The number of hydrogen-bond donors (Lipinski definition) is 2. The average molecular weight is 257 g/mol. The van der Waals surface area contributed by atoms with Gasteiger partial charge in [-0.1, -0.05) is 6.07 Å². The lowest BCUT2D eigenvalue weighted by molar-refractivity contribution is 0.0948. The minimum absolute atomic E-state index is 0.257. The fraction of sp³-hybridized carbons (Fsp3) is 0.214. The number of pyridine rings is 2. The third-order valence-electron chi connectivity index (χ3n) is 2.69. The van der Waals surface area contributed by atoms with Gasteiger partial charge in [-0.05, 0) is 36.6 Å². The number of aromatic amines is 1. The second-order valence-corrected chi connectivity index (χ2v) is 4.14. The Hall–Kier alpha value is -2.43. The lowest BCUT2D eigenvalue weighted by Gasteiger charge is -2.05. The summed E-state index contributed by atoms with van der Waals surface area (Å²) >= 11 is 0. The van der Waals surface area contributed by atoms with Crippen LogP contribution in [0.15, 0.2) is 47.5 Å². The molecule has 0 saturated heterocycles. The van der Waals surface area contributed by atoms with Crippen LogP contribution in [0.1, 0.15) is 22.5 Å². The van der Waals surface area contributed by atoms with E-state index in [1.807, 2.05) is 12.1 Å². The molecule has 0 spiro atoms. The third kappa shape index (κ3) is 4.06. The first-order valence-electron chi connectivity index (χ1n) is 6.12. The second kappa shape index (κ2) is 6.49. The standard InChI is InChI=1S/C14H15N3O2/c18-13-5-1-4-12(17-13)14(19)16-8-2-3-11-6-9-15-10-7-11/h1,4-7,9-10H,2-3,8H2,(H,16,19)(H,17,18). The molecule has 19 heavy (non-hydrogen) atoms. The Kier molecular flexibility index (Phi) is 4.44. The summed E-state index contributed by atoms with van der Waals surface area (Å²) in [5.74, 6) is -0.257. The van der Waals surface area contributed by atoms with Crippen LogP contribution in [0, 0.1) is 0 Å². The van der Waals surface area contributed by atoms with Gasteiger partial charge in [0.25, 0.3) is 5.91 Å². The van der Waals surface area contributed by atoms with Crippen LogP contribution in [0.4, 0.5) is 0 Å². The molecule has 0 aromatic carbocycles. The zero-order valence-corrected chi connectivity index (χ0v) is 10.4. The van der Waals surface area contributed by atoms with Gasteiger partial charge in [0.05, 0.1) is 0 Å². The largest absolute Gasteiger partial charge is 0.351 e. The molecule has 2 heterocycles. The van der Waals surface area contributed by atoms with Crippen LogP contribution in [0.25, 0.3) is 0 Å². The molecule has 0 aliphatic carbocycles. The van der Waals surface area contributed by atoms with Crippen molar-refractivity contribution < 1.29 is 4.79 Å². The van der Waals surface area contributed by atoms with E-state index in [0.29, 0.717) is 6.54 Å². The fourth-order valence-electron chi connectivity index (χ4n) is 1.72. The van der Waals surface area contributed by atoms with Gasteiger partial charge in [-0.15, -0.1) is 0 Å². The van der Waals surface area contributed by atoms with Crippen molar-refractivity contribution in [1.29, 1.82) is 0 Å². The fourth-order valence-corrected chi connectivity index (χ4v) is 1.72. The highest BCUT2D eigenvalue weighted by molar-refractivity contribution is 5.92. The van der Waals surface area contributed by atoms with Crippen LogP contribution >= 0.6 is 0 Å². The maximum Gasteiger partial charge on any atom is 0.267 e. The molecular weight excluding hydrogens is 242 g/mol. The number of carbonyl (C=O) groups is 1. The third-order valence-corrected chi connectivity index (χ3v) is 2.69. The van der Waals surface area contributed by atoms with E-state index in [-0.39, 0.29) is 17.2 Å². The van der Waals surface area contributed by atoms with Crippen molar-refractivity contribution in [3.05, 3.63) is 64.3 Å². The summed E-state index contributed by atoms with van der Waals surface area (Å²) in [6.07, 6.45) is 5.23. The van der Waals surface area contributed by atoms with Crippen LogP contribution in [-0.4, -0.2) is 22.4 Å². The lowest BCUT2D eigenvalue weighted by atomic mass is 10.1. The molecule has 0 aliphatic heterocycles. The van der Waals surface area contributed by atoms with Gasteiger partial charge in [-0.3, -0.25) is 14.6 Å². The number of nitrogens with one attached hydrogen (secondary N) is 2. The molecule has 2 aromatic rings. The average Bonchev–Trinajstić information content (AvgIpc) is 2.44. The molecule has 0 fully saturated rings. The van der Waals surface area contributed by atoms with Gasteiger partial charge in [0, 0.05) is 25.0 Å². The van der Waals surface area contributed by atoms with Crippen LogP contribution in [0.5, 0.6) is 0 Å². The number of rotatable bonds is 5. The summed E-state index contributed by atoms with van der Waals surface area (Å²) in [7, 11) is 0. The molecular formula is C14H15N3O2. The molecule has 0 unspecified atom stereocenters. The number of aromatic nitrogens is 2. The highest BCUT2D eigenvalue weighted by atomic mass is 16.2. The second-order valence-electron chi connectivity index (χ2n) is 4.14. The maximum atomic E-state index is 11.7. The minimum atomic E-state index is -0.274. The summed E-state index contributed by atoms with van der Waals surface area (Å²) in [4.78, 5) is 29.2. The number of amides is 1. The molecule has 5 heteroatoms. The van der Waals surface area contributed by atoms with E-state index >= 15 is 0 Å². The number of nitrogens with zero attached hydrogens (tertiary/aromatic N) is 1. The Morgan fingerprint density at radius 1 is 1.21 bits per heavy atom. The molecule has 0 radical (unpaired) electrons. The summed E-state index contributed by atoms with van der Waals surface area (Å²) in [5.41, 5.74) is 1.21. The highest BCUT2D eigenvalue weighted by Crippen LogP contribution is 2.00. The topological polar surface area (TPSA) is 74.8 Å². The Balaban J connectivity index is 1.77. The molecule has 2 aromatic heterocycles. The van der Waals surface area contributed by atoms with Crippen LogP contribution in [0.2, 0.25) is 0 Å². The molecule has 0 atom stereocenters. The summed E-state index contributed by atoms with van der Waals surface area (Å²) in [6, 6.07) is 8.43. The van der Waals surface area contributed by atoms with Crippen molar-refractivity contribution in [3.63, 3.8) is 0 Å². The van der Waals surface area contributed by atoms with Gasteiger partial charge < -0.3 is 10.3 Å². The maximum absolute atomic E-state index is 11.7.